The molecule has 2 amide bonds. The van der Waals surface area contributed by atoms with Gasteiger partial charge in [0.1, 0.15) is 0 Å². The Labute approximate surface area is 187 Å². The highest BCUT2D eigenvalue weighted by molar-refractivity contribution is 6.04. The van der Waals surface area contributed by atoms with Crippen LogP contribution in [0.1, 0.15) is 52.9 Å². The molecule has 4 rings (SSSR count). The number of nitrogens with zero attached hydrogens (tertiary/aromatic N) is 4. The summed E-state index contributed by atoms with van der Waals surface area (Å²) in [5.41, 5.74) is 3.05. The first-order chi connectivity index (χ1) is 15.4. The second-order valence-corrected chi connectivity index (χ2v) is 8.49. The van der Waals surface area contributed by atoms with E-state index in [1.165, 1.54) is 0 Å². The Hall–Kier alpha value is -3.92. The lowest BCUT2D eigenvalue weighted by Gasteiger charge is -2.42. The van der Waals surface area contributed by atoms with Gasteiger partial charge in [-0.1, -0.05) is 38.1 Å². The molecule has 0 spiro atoms. The predicted octanol–water partition coefficient (Wildman–Crippen LogP) is 3.87. The van der Waals surface area contributed by atoms with Crippen molar-refractivity contribution >= 4 is 17.5 Å². The number of carbonyl (C=O) groups is 2. The normalized spacial score (nSPS) is 17.7. The number of rotatable bonds is 5. The fourth-order valence-electron chi connectivity index (χ4n) is 4.32. The Morgan fingerprint density at radius 3 is 2.69 bits per heavy atom. The van der Waals surface area contributed by atoms with Crippen LogP contribution in [-0.2, 0) is 11.8 Å². The standard InChI is InChI=1S/C25H25N5O2/c1-16(2)14-30-23(18-13-27-29(3)15-18)22(20-9-4-5-10-21(20)25(30)32)24(31)28-19-8-6-7-17(11-19)12-26/h4-11,13,15-16,22-23H,14H2,1-3H3,(H,28,31)/t22-,23+/m0/s1. The largest absolute Gasteiger partial charge is 0.330 e. The molecule has 1 N–H and O–H groups in total. The van der Waals surface area contributed by atoms with Gasteiger partial charge in [0, 0.05) is 36.6 Å². The van der Waals surface area contributed by atoms with Crippen LogP contribution in [0.15, 0.2) is 60.9 Å². The van der Waals surface area contributed by atoms with Crippen LogP contribution in [0.5, 0.6) is 0 Å². The Bertz CT molecular complexity index is 1210. The molecule has 1 aliphatic rings. The highest BCUT2D eigenvalue weighted by Gasteiger charge is 2.44. The van der Waals surface area contributed by atoms with Crippen molar-refractivity contribution in [2.75, 3.05) is 11.9 Å². The molecule has 162 valence electrons. The van der Waals surface area contributed by atoms with Crippen molar-refractivity contribution < 1.29 is 9.59 Å². The van der Waals surface area contributed by atoms with Gasteiger partial charge in [-0.05, 0) is 35.7 Å². The van der Waals surface area contributed by atoms with Gasteiger partial charge in [-0.2, -0.15) is 10.4 Å². The number of nitrogens with one attached hydrogen (secondary N) is 1. The minimum Gasteiger partial charge on any atom is -0.330 e. The molecular weight excluding hydrogens is 402 g/mol. The van der Waals surface area contributed by atoms with Crippen LogP contribution in [0.4, 0.5) is 5.69 Å². The summed E-state index contributed by atoms with van der Waals surface area (Å²) in [5, 5.41) is 16.5. The van der Waals surface area contributed by atoms with E-state index >= 15 is 0 Å². The summed E-state index contributed by atoms with van der Waals surface area (Å²) in [6.45, 7) is 4.62. The van der Waals surface area contributed by atoms with Gasteiger partial charge in [0.2, 0.25) is 5.91 Å². The maximum absolute atomic E-state index is 13.7. The summed E-state index contributed by atoms with van der Waals surface area (Å²) in [7, 11) is 1.82. The first-order valence-electron chi connectivity index (χ1n) is 10.6. The number of amides is 2. The lowest BCUT2D eigenvalue weighted by Crippen LogP contribution is -2.47. The third kappa shape index (κ3) is 4.00. The minimum atomic E-state index is -0.627. The number of anilines is 1. The number of nitriles is 1. The van der Waals surface area contributed by atoms with E-state index in [0.29, 0.717) is 28.9 Å². The quantitative estimate of drug-likeness (QED) is 0.669. The minimum absolute atomic E-state index is 0.0846. The van der Waals surface area contributed by atoms with Crippen LogP contribution in [0.2, 0.25) is 0 Å². The van der Waals surface area contributed by atoms with Gasteiger partial charge in [0.15, 0.2) is 0 Å². The average Bonchev–Trinajstić information content (AvgIpc) is 3.21. The van der Waals surface area contributed by atoms with Crippen LogP contribution in [0.3, 0.4) is 0 Å². The molecule has 2 heterocycles. The Balaban J connectivity index is 1.83. The molecule has 2 aromatic carbocycles. The number of aryl methyl sites for hydroxylation is 1. The summed E-state index contributed by atoms with van der Waals surface area (Å²) < 4.78 is 1.68. The summed E-state index contributed by atoms with van der Waals surface area (Å²) >= 11 is 0. The van der Waals surface area contributed by atoms with E-state index in [2.05, 4.69) is 30.3 Å². The zero-order valence-corrected chi connectivity index (χ0v) is 18.3. The van der Waals surface area contributed by atoms with Crippen molar-refractivity contribution in [2.24, 2.45) is 13.0 Å². The van der Waals surface area contributed by atoms with E-state index in [-0.39, 0.29) is 17.7 Å². The van der Waals surface area contributed by atoms with Gasteiger partial charge >= 0.3 is 0 Å². The molecule has 0 fully saturated rings. The van der Waals surface area contributed by atoms with Crippen LogP contribution in [0.25, 0.3) is 0 Å². The maximum Gasteiger partial charge on any atom is 0.254 e. The molecular formula is C25H25N5O2. The molecule has 0 saturated heterocycles. The third-order valence-electron chi connectivity index (χ3n) is 5.61. The molecule has 0 saturated carbocycles. The van der Waals surface area contributed by atoms with Crippen LogP contribution < -0.4 is 5.32 Å². The molecule has 7 nitrogen and oxygen atoms in total. The second kappa shape index (κ2) is 8.67. The zero-order chi connectivity index (χ0) is 22.8. The lowest BCUT2D eigenvalue weighted by molar-refractivity contribution is -0.119. The SMILES string of the molecule is CC(C)CN1C(=O)c2ccccc2[C@H](C(=O)Nc2cccc(C#N)c2)[C@H]1c1cnn(C)c1. The fourth-order valence-corrected chi connectivity index (χ4v) is 4.32. The molecule has 0 radical (unpaired) electrons. The smallest absolute Gasteiger partial charge is 0.254 e. The van der Waals surface area contributed by atoms with Gasteiger partial charge in [-0.25, -0.2) is 0 Å². The Morgan fingerprint density at radius 2 is 2.00 bits per heavy atom. The van der Waals surface area contributed by atoms with Crippen LogP contribution in [0, 0.1) is 17.2 Å². The van der Waals surface area contributed by atoms with Gasteiger partial charge in [0.05, 0.1) is 29.8 Å². The highest BCUT2D eigenvalue weighted by Crippen LogP contribution is 2.43. The van der Waals surface area contributed by atoms with Gasteiger partial charge in [-0.3, -0.25) is 14.3 Å². The molecule has 3 aromatic rings. The van der Waals surface area contributed by atoms with E-state index in [1.54, 1.807) is 46.1 Å². The van der Waals surface area contributed by atoms with Gasteiger partial charge < -0.3 is 10.2 Å². The van der Waals surface area contributed by atoms with Crippen molar-refractivity contribution in [1.82, 2.24) is 14.7 Å². The number of fused-ring (bicyclic) bond motifs is 1. The molecule has 1 aliphatic heterocycles. The van der Waals surface area contributed by atoms with E-state index in [4.69, 9.17) is 0 Å². The monoisotopic (exact) mass is 427 g/mol. The summed E-state index contributed by atoms with van der Waals surface area (Å²) in [4.78, 5) is 29.0. The third-order valence-corrected chi connectivity index (χ3v) is 5.61. The number of hydrogen-bond acceptors (Lipinski definition) is 4. The Kier molecular flexibility index (Phi) is 5.78. The molecule has 0 aliphatic carbocycles. The first kappa shape index (κ1) is 21.3. The van der Waals surface area contributed by atoms with Gasteiger partial charge in [0.25, 0.3) is 5.91 Å². The topological polar surface area (TPSA) is 91.0 Å². The molecule has 2 atom stereocenters. The Morgan fingerprint density at radius 1 is 1.22 bits per heavy atom. The van der Waals surface area contributed by atoms with Crippen molar-refractivity contribution in [2.45, 2.75) is 25.8 Å². The fraction of sp³-hybridized carbons (Fsp3) is 0.280. The first-order valence-corrected chi connectivity index (χ1v) is 10.6. The van der Waals surface area contributed by atoms with Crippen molar-refractivity contribution in [3.8, 4) is 6.07 Å². The summed E-state index contributed by atoms with van der Waals surface area (Å²) in [6, 6.07) is 15.7. The van der Waals surface area contributed by atoms with Crippen molar-refractivity contribution in [3.63, 3.8) is 0 Å². The van der Waals surface area contributed by atoms with Crippen LogP contribution in [-0.4, -0.2) is 33.0 Å². The van der Waals surface area contributed by atoms with Crippen molar-refractivity contribution in [1.29, 1.82) is 5.26 Å². The maximum atomic E-state index is 13.7. The van der Waals surface area contributed by atoms with Gasteiger partial charge in [-0.15, -0.1) is 0 Å². The number of carbonyl (C=O) groups excluding carboxylic acids is 2. The number of hydrogen-bond donors (Lipinski definition) is 1. The molecule has 0 unspecified atom stereocenters. The van der Waals surface area contributed by atoms with Crippen LogP contribution >= 0.6 is 0 Å². The molecule has 1 aromatic heterocycles. The summed E-state index contributed by atoms with van der Waals surface area (Å²) in [5.74, 6) is -0.724. The van der Waals surface area contributed by atoms with E-state index in [9.17, 15) is 14.9 Å². The second-order valence-electron chi connectivity index (χ2n) is 8.49. The lowest BCUT2D eigenvalue weighted by atomic mass is 9.79. The molecule has 32 heavy (non-hydrogen) atoms. The molecule has 7 heteroatoms. The zero-order valence-electron chi connectivity index (χ0n) is 18.3. The molecule has 0 bridgehead atoms. The number of benzene rings is 2. The summed E-state index contributed by atoms with van der Waals surface area (Å²) in [6.07, 6.45) is 3.57. The van der Waals surface area contributed by atoms with E-state index in [0.717, 1.165) is 5.56 Å². The average molecular weight is 428 g/mol. The van der Waals surface area contributed by atoms with E-state index in [1.807, 2.05) is 31.4 Å². The van der Waals surface area contributed by atoms with E-state index < -0.39 is 12.0 Å². The van der Waals surface area contributed by atoms with Crippen molar-refractivity contribution in [3.05, 3.63) is 83.2 Å². The predicted molar refractivity (Wildman–Crippen MR) is 121 cm³/mol. The highest BCUT2D eigenvalue weighted by atomic mass is 16.2. The number of aromatic nitrogens is 2.